The van der Waals surface area contributed by atoms with Gasteiger partial charge in [0.2, 0.25) is 0 Å². The highest BCUT2D eigenvalue weighted by molar-refractivity contribution is 9.10. The number of nitrogens with zero attached hydrogens (tertiary/aromatic N) is 1. The maximum Gasteiger partial charge on any atom is 0.270 e. The summed E-state index contributed by atoms with van der Waals surface area (Å²) in [4.78, 5) is 10.6. The lowest BCUT2D eigenvalue weighted by molar-refractivity contribution is -0.384. The summed E-state index contributed by atoms with van der Waals surface area (Å²) in [5.41, 5.74) is 1.34. The summed E-state index contributed by atoms with van der Waals surface area (Å²) in [7, 11) is -3.66. The van der Waals surface area contributed by atoms with Crippen LogP contribution < -0.4 is 0 Å². The SMILES string of the molecule is C=CC[C@@H](c1ccc([N+](=O)[O-])cc1Br)S(=O)(=O)c1ccc(C)cc1. The van der Waals surface area contributed by atoms with E-state index in [1.165, 1.54) is 24.3 Å². The van der Waals surface area contributed by atoms with Crippen LogP contribution in [0.2, 0.25) is 0 Å². The summed E-state index contributed by atoms with van der Waals surface area (Å²) in [6.45, 7) is 5.51. The molecule has 7 heteroatoms. The molecule has 24 heavy (non-hydrogen) atoms. The monoisotopic (exact) mass is 409 g/mol. The first kappa shape index (κ1) is 18.4. The van der Waals surface area contributed by atoms with E-state index in [1.54, 1.807) is 24.3 Å². The summed E-state index contributed by atoms with van der Waals surface area (Å²) >= 11 is 3.26. The number of benzene rings is 2. The minimum Gasteiger partial charge on any atom is -0.258 e. The Morgan fingerprint density at radius 2 is 1.88 bits per heavy atom. The molecule has 0 amide bonds. The van der Waals surface area contributed by atoms with Gasteiger partial charge < -0.3 is 0 Å². The fourth-order valence-electron chi connectivity index (χ4n) is 2.36. The average molecular weight is 410 g/mol. The lowest BCUT2D eigenvalue weighted by Gasteiger charge is -2.18. The van der Waals surface area contributed by atoms with E-state index in [-0.39, 0.29) is 17.0 Å². The molecule has 0 aliphatic rings. The number of hydrogen-bond acceptors (Lipinski definition) is 4. The third-order valence-electron chi connectivity index (χ3n) is 3.65. The molecule has 0 aliphatic heterocycles. The molecule has 0 N–H and O–H groups in total. The van der Waals surface area contributed by atoms with Gasteiger partial charge in [-0.2, -0.15) is 0 Å². The van der Waals surface area contributed by atoms with Crippen LogP contribution in [0, 0.1) is 17.0 Å². The van der Waals surface area contributed by atoms with Crippen molar-refractivity contribution in [3.8, 4) is 0 Å². The minimum absolute atomic E-state index is 0.101. The first-order chi connectivity index (χ1) is 11.3. The normalized spacial score (nSPS) is 12.6. The van der Waals surface area contributed by atoms with Crippen LogP contribution in [0.25, 0.3) is 0 Å². The van der Waals surface area contributed by atoms with Crippen molar-refractivity contribution in [3.63, 3.8) is 0 Å². The minimum atomic E-state index is -3.66. The van der Waals surface area contributed by atoms with E-state index in [9.17, 15) is 18.5 Å². The molecule has 5 nitrogen and oxygen atoms in total. The largest absolute Gasteiger partial charge is 0.270 e. The number of sulfone groups is 1. The predicted molar refractivity (Wildman–Crippen MR) is 96.7 cm³/mol. The number of hydrogen-bond donors (Lipinski definition) is 0. The third-order valence-corrected chi connectivity index (χ3v) is 6.46. The first-order valence-corrected chi connectivity index (χ1v) is 9.46. The molecule has 0 aromatic heterocycles. The number of aryl methyl sites for hydroxylation is 1. The van der Waals surface area contributed by atoms with Crippen molar-refractivity contribution in [1.82, 2.24) is 0 Å². The van der Waals surface area contributed by atoms with Crippen molar-refractivity contribution >= 4 is 31.5 Å². The molecular weight excluding hydrogens is 394 g/mol. The molecule has 2 aromatic rings. The van der Waals surface area contributed by atoms with Crippen LogP contribution in [0.5, 0.6) is 0 Å². The summed E-state index contributed by atoms with van der Waals surface area (Å²) in [5, 5.41) is 9.99. The number of nitro groups is 1. The zero-order chi connectivity index (χ0) is 17.9. The second-order valence-electron chi connectivity index (χ2n) is 5.33. The second kappa shape index (κ2) is 7.27. The Kier molecular flexibility index (Phi) is 5.56. The van der Waals surface area contributed by atoms with Gasteiger partial charge in [0.15, 0.2) is 9.84 Å². The molecule has 0 radical (unpaired) electrons. The van der Waals surface area contributed by atoms with Crippen LogP contribution in [0.4, 0.5) is 5.69 Å². The maximum absolute atomic E-state index is 13.0. The van der Waals surface area contributed by atoms with E-state index in [1.807, 2.05) is 6.92 Å². The van der Waals surface area contributed by atoms with Crippen molar-refractivity contribution in [1.29, 1.82) is 0 Å². The standard InChI is InChI=1S/C17H16BrNO4S/c1-3-4-17(15-10-7-13(19(20)21)11-16(15)18)24(22,23)14-8-5-12(2)6-9-14/h3,5-11,17H,1,4H2,2H3/t17-/m0/s1. The van der Waals surface area contributed by atoms with Gasteiger partial charge in [-0.05, 0) is 37.1 Å². The molecule has 1 atom stereocenters. The quantitative estimate of drug-likeness (QED) is 0.391. The van der Waals surface area contributed by atoms with Crippen molar-refractivity contribution in [2.45, 2.75) is 23.5 Å². The first-order valence-electron chi connectivity index (χ1n) is 7.12. The lowest BCUT2D eigenvalue weighted by Crippen LogP contribution is -2.14. The van der Waals surface area contributed by atoms with E-state index in [4.69, 9.17) is 0 Å². The van der Waals surface area contributed by atoms with Crippen LogP contribution in [0.1, 0.15) is 22.8 Å². The van der Waals surface area contributed by atoms with Crippen LogP contribution >= 0.6 is 15.9 Å². The molecular formula is C17H16BrNO4S. The van der Waals surface area contributed by atoms with Gasteiger partial charge in [-0.3, -0.25) is 10.1 Å². The van der Waals surface area contributed by atoms with E-state index >= 15 is 0 Å². The van der Waals surface area contributed by atoms with Gasteiger partial charge in [0.1, 0.15) is 0 Å². The van der Waals surface area contributed by atoms with Gasteiger partial charge in [-0.1, -0.05) is 39.7 Å². The average Bonchev–Trinajstić information content (AvgIpc) is 2.53. The number of non-ortho nitro benzene ring substituents is 1. The highest BCUT2D eigenvalue weighted by Gasteiger charge is 2.30. The Balaban J connectivity index is 2.55. The molecule has 0 bridgehead atoms. The number of nitro benzene ring substituents is 1. The van der Waals surface area contributed by atoms with Crippen molar-refractivity contribution < 1.29 is 13.3 Å². The summed E-state index contributed by atoms with van der Waals surface area (Å²) < 4.78 is 26.4. The molecule has 0 saturated carbocycles. The fourth-order valence-corrected chi connectivity index (χ4v) is 4.92. The van der Waals surface area contributed by atoms with Crippen LogP contribution in [0.3, 0.4) is 0 Å². The van der Waals surface area contributed by atoms with Gasteiger partial charge in [0, 0.05) is 16.6 Å². The van der Waals surface area contributed by atoms with Crippen LogP contribution in [-0.2, 0) is 9.84 Å². The number of halogens is 1. The molecule has 0 spiro atoms. The Hall–Kier alpha value is -1.99. The molecule has 126 valence electrons. The fraction of sp³-hybridized carbons (Fsp3) is 0.176. The highest BCUT2D eigenvalue weighted by atomic mass is 79.9. The number of allylic oxidation sites excluding steroid dienone is 1. The summed E-state index contributed by atoms with van der Waals surface area (Å²) in [6, 6.07) is 10.7. The zero-order valence-electron chi connectivity index (χ0n) is 13.0. The molecule has 0 fully saturated rings. The molecule has 2 rings (SSSR count). The van der Waals surface area contributed by atoms with Crippen molar-refractivity contribution in [2.75, 3.05) is 0 Å². The number of rotatable bonds is 6. The Labute approximate surface area is 149 Å². The van der Waals surface area contributed by atoms with E-state index in [0.29, 0.717) is 10.0 Å². The Bertz CT molecular complexity index is 876. The summed E-state index contributed by atoms with van der Waals surface area (Å²) in [5.74, 6) is 0. The van der Waals surface area contributed by atoms with Crippen molar-refractivity contribution in [3.05, 3.63) is 80.8 Å². The van der Waals surface area contributed by atoms with Crippen LogP contribution in [0.15, 0.2) is 64.5 Å². The molecule has 0 heterocycles. The Morgan fingerprint density at radius 3 is 2.38 bits per heavy atom. The smallest absolute Gasteiger partial charge is 0.258 e. The van der Waals surface area contributed by atoms with Gasteiger partial charge in [-0.15, -0.1) is 6.58 Å². The topological polar surface area (TPSA) is 77.3 Å². The molecule has 2 aromatic carbocycles. The predicted octanol–water partition coefficient (Wildman–Crippen LogP) is 4.76. The second-order valence-corrected chi connectivity index (χ2v) is 8.32. The summed E-state index contributed by atoms with van der Waals surface area (Å²) in [6.07, 6.45) is 1.73. The van der Waals surface area contributed by atoms with E-state index in [0.717, 1.165) is 5.56 Å². The van der Waals surface area contributed by atoms with Gasteiger partial charge >= 0.3 is 0 Å². The highest BCUT2D eigenvalue weighted by Crippen LogP contribution is 2.37. The molecule has 0 unspecified atom stereocenters. The molecule has 0 aliphatic carbocycles. The van der Waals surface area contributed by atoms with E-state index in [2.05, 4.69) is 22.5 Å². The van der Waals surface area contributed by atoms with Crippen LogP contribution in [-0.4, -0.2) is 13.3 Å². The lowest BCUT2D eigenvalue weighted by atomic mass is 10.1. The maximum atomic E-state index is 13.0. The van der Waals surface area contributed by atoms with Gasteiger partial charge in [0.05, 0.1) is 15.1 Å². The van der Waals surface area contributed by atoms with Crippen molar-refractivity contribution in [2.24, 2.45) is 0 Å². The Morgan fingerprint density at radius 1 is 1.25 bits per heavy atom. The van der Waals surface area contributed by atoms with E-state index < -0.39 is 20.0 Å². The molecule has 0 saturated heterocycles. The zero-order valence-corrected chi connectivity index (χ0v) is 15.4. The van der Waals surface area contributed by atoms with Gasteiger partial charge in [0.25, 0.3) is 5.69 Å². The van der Waals surface area contributed by atoms with Gasteiger partial charge in [-0.25, -0.2) is 8.42 Å². The third kappa shape index (κ3) is 3.73.